The van der Waals surface area contributed by atoms with E-state index in [1.807, 2.05) is 58.1 Å². The predicted molar refractivity (Wildman–Crippen MR) is 247 cm³/mol. The Labute approximate surface area is 388 Å². The molecule has 14 heteroatoms. The topological polar surface area (TPSA) is 202 Å². The van der Waals surface area contributed by atoms with Gasteiger partial charge in [0.25, 0.3) is 11.7 Å². The van der Waals surface area contributed by atoms with Crippen molar-refractivity contribution in [2.45, 2.75) is 192 Å². The minimum absolute atomic E-state index is 0.0359. The summed E-state index contributed by atoms with van der Waals surface area (Å²) in [6.45, 7) is 13.2. The zero-order valence-corrected chi connectivity index (χ0v) is 40.8. The number of ether oxygens (including phenoxy) is 5. The summed E-state index contributed by atoms with van der Waals surface area (Å²) in [7, 11) is 4.63. The lowest BCUT2D eigenvalue weighted by atomic mass is 9.78. The SMILES string of the molecule is CO[C@H]1[C@@H](O)[C@H](C)C[C@H](C)/C=C/C=CC=C(C)[C@@H](OC)C[C@@H]2CC[C@@H](C)[C@@](O)(O2)C(=O)C(=O)N2CCCCC2C(=O)OC([C@H](C)CC2CC[C@@H](O)[C@H](OC)C2)C[C@H](O)[C@H](C)/C=C(\C)[C@H]1O. The summed E-state index contributed by atoms with van der Waals surface area (Å²) in [6, 6.07) is -1.10. The summed E-state index contributed by atoms with van der Waals surface area (Å²) in [4.78, 5) is 44.1. The van der Waals surface area contributed by atoms with Crippen molar-refractivity contribution < 1.29 is 63.6 Å². The Bertz CT molecular complexity index is 1660. The number of carbonyl (C=O) groups excluding carboxylic acids is 3. The van der Waals surface area contributed by atoms with Crippen LogP contribution in [0.3, 0.4) is 0 Å². The van der Waals surface area contributed by atoms with Crippen molar-refractivity contribution in [1.29, 1.82) is 0 Å². The summed E-state index contributed by atoms with van der Waals surface area (Å²) in [5, 5.41) is 57.2. The van der Waals surface area contributed by atoms with Crippen LogP contribution in [0.4, 0.5) is 0 Å². The third-order valence-electron chi connectivity index (χ3n) is 14.9. The molecule has 3 aliphatic heterocycles. The lowest BCUT2D eigenvalue weighted by Gasteiger charge is -2.43. The van der Waals surface area contributed by atoms with Crippen molar-refractivity contribution in [2.75, 3.05) is 27.9 Å². The highest BCUT2D eigenvalue weighted by molar-refractivity contribution is 6.39. The van der Waals surface area contributed by atoms with Crippen LogP contribution in [0.1, 0.15) is 126 Å². The third kappa shape index (κ3) is 14.6. The number of aliphatic hydroxyl groups excluding tert-OH is 4. The van der Waals surface area contributed by atoms with Crippen LogP contribution in [0.25, 0.3) is 0 Å². The first-order valence-corrected chi connectivity index (χ1v) is 24.2. The van der Waals surface area contributed by atoms with Gasteiger partial charge in [0.05, 0.1) is 36.6 Å². The number of hydrogen-bond acceptors (Lipinski definition) is 13. The fourth-order valence-corrected chi connectivity index (χ4v) is 10.4. The molecule has 1 saturated carbocycles. The molecule has 1 aliphatic carbocycles. The van der Waals surface area contributed by atoms with Crippen LogP contribution in [0, 0.1) is 35.5 Å². The Balaban J connectivity index is 1.70. The maximum Gasteiger partial charge on any atom is 0.329 e. The lowest BCUT2D eigenvalue weighted by molar-refractivity contribution is -0.265. The standard InChI is InChI=1S/C51H83NO13/c1-30-16-12-11-13-17-31(2)42(61-8)28-38-21-19-36(7)51(60,65-38)48(57)49(58)52-23-15-14-18-39(52)50(59)64-43(33(4)26-37-20-22-40(53)44(27-37)62-9)29-41(54)32(3)25-35(6)46(56)47(63-10)45(55)34(5)24-30/h11-13,16-17,25,30,32-34,36-47,53-56,60H,14-15,18-24,26-29H2,1-10H3/b13-11?,16-12+,31-17?,35-25+/t30-,32-,33-,34-,36-,37?,38+,39?,40-,41+,42+,43?,44-,45+,46-,47+,51-/m1/s1. The van der Waals surface area contributed by atoms with Gasteiger partial charge in [0, 0.05) is 52.6 Å². The van der Waals surface area contributed by atoms with Gasteiger partial charge < -0.3 is 54.1 Å². The van der Waals surface area contributed by atoms with E-state index in [0.717, 1.165) is 12.0 Å². The molecule has 65 heavy (non-hydrogen) atoms. The number of amides is 1. The van der Waals surface area contributed by atoms with Crippen molar-refractivity contribution >= 4 is 17.7 Å². The van der Waals surface area contributed by atoms with E-state index < -0.39 is 90.2 Å². The average molecular weight is 918 g/mol. The molecular formula is C51H83NO13. The molecular weight excluding hydrogens is 835 g/mol. The minimum Gasteiger partial charge on any atom is -0.460 e. The molecule has 3 fully saturated rings. The molecule has 0 aromatic rings. The molecule has 4 rings (SSSR count). The van der Waals surface area contributed by atoms with E-state index in [1.165, 1.54) is 12.0 Å². The van der Waals surface area contributed by atoms with Crippen LogP contribution in [-0.4, -0.2) is 143 Å². The maximum atomic E-state index is 14.4. The molecule has 0 radical (unpaired) electrons. The van der Waals surface area contributed by atoms with Gasteiger partial charge >= 0.3 is 5.97 Å². The molecule has 5 N–H and O–H groups in total. The lowest BCUT2D eigenvalue weighted by Crippen LogP contribution is -2.61. The molecule has 2 saturated heterocycles. The van der Waals surface area contributed by atoms with Crippen molar-refractivity contribution in [3.63, 3.8) is 0 Å². The number of allylic oxidation sites excluding steroid dienone is 5. The van der Waals surface area contributed by atoms with Gasteiger partial charge in [-0.1, -0.05) is 71.1 Å². The first-order chi connectivity index (χ1) is 30.7. The Hall–Kier alpha value is -2.79. The second-order valence-electron chi connectivity index (χ2n) is 20.0. The molecule has 0 spiro atoms. The van der Waals surface area contributed by atoms with E-state index in [-0.39, 0.29) is 49.2 Å². The van der Waals surface area contributed by atoms with Gasteiger partial charge in [0.2, 0.25) is 5.79 Å². The number of rotatable bonds is 6. The number of hydrogen-bond donors (Lipinski definition) is 5. The van der Waals surface area contributed by atoms with Crippen molar-refractivity contribution in [3.8, 4) is 0 Å². The molecule has 17 atom stereocenters. The number of aliphatic hydroxyl groups is 5. The molecule has 0 aromatic carbocycles. The first-order valence-electron chi connectivity index (χ1n) is 24.2. The van der Waals surface area contributed by atoms with E-state index in [9.17, 15) is 39.9 Å². The van der Waals surface area contributed by atoms with Gasteiger partial charge in [-0.3, -0.25) is 9.59 Å². The van der Waals surface area contributed by atoms with E-state index in [2.05, 4.69) is 6.92 Å². The summed E-state index contributed by atoms with van der Waals surface area (Å²) >= 11 is 0. The molecule has 3 unspecified atom stereocenters. The van der Waals surface area contributed by atoms with Gasteiger partial charge in [-0.05, 0) is 113 Å². The summed E-state index contributed by atoms with van der Waals surface area (Å²) in [5.74, 6) is -6.69. The average Bonchev–Trinajstić information content (AvgIpc) is 3.28. The molecule has 370 valence electrons. The summed E-state index contributed by atoms with van der Waals surface area (Å²) < 4.78 is 29.6. The van der Waals surface area contributed by atoms with E-state index in [1.54, 1.807) is 34.1 Å². The maximum absolute atomic E-state index is 14.4. The van der Waals surface area contributed by atoms with Crippen LogP contribution in [0.15, 0.2) is 47.6 Å². The summed E-state index contributed by atoms with van der Waals surface area (Å²) in [6.07, 6.45) is 10.6. The Morgan fingerprint density at radius 1 is 0.815 bits per heavy atom. The molecule has 1 amide bonds. The Morgan fingerprint density at radius 3 is 2.22 bits per heavy atom. The molecule has 2 bridgehead atoms. The van der Waals surface area contributed by atoms with Crippen LogP contribution < -0.4 is 0 Å². The number of ketones is 1. The van der Waals surface area contributed by atoms with Crippen LogP contribution >= 0.6 is 0 Å². The fourth-order valence-electron chi connectivity index (χ4n) is 10.4. The number of esters is 1. The highest BCUT2D eigenvalue weighted by Crippen LogP contribution is 2.38. The van der Waals surface area contributed by atoms with Crippen molar-refractivity contribution in [3.05, 3.63) is 47.6 Å². The number of carbonyl (C=O) groups is 3. The quantitative estimate of drug-likeness (QED) is 0.122. The minimum atomic E-state index is -2.41. The highest BCUT2D eigenvalue weighted by Gasteiger charge is 2.53. The Kier molecular flexibility index (Phi) is 21.5. The van der Waals surface area contributed by atoms with Gasteiger partial charge in [-0.2, -0.15) is 0 Å². The van der Waals surface area contributed by atoms with Crippen LogP contribution in [0.2, 0.25) is 0 Å². The smallest absolute Gasteiger partial charge is 0.329 e. The van der Waals surface area contributed by atoms with Crippen LogP contribution in [-0.2, 0) is 38.1 Å². The third-order valence-corrected chi connectivity index (χ3v) is 14.9. The number of Topliss-reactive ketones (excluding diaryl/α,β-unsaturated/α-hetero) is 1. The summed E-state index contributed by atoms with van der Waals surface area (Å²) in [5.41, 5.74) is 1.41. The largest absolute Gasteiger partial charge is 0.460 e. The normalized spacial score (nSPS) is 41.4. The van der Waals surface area contributed by atoms with Gasteiger partial charge in [-0.25, -0.2) is 4.79 Å². The van der Waals surface area contributed by atoms with Crippen molar-refractivity contribution in [1.82, 2.24) is 4.90 Å². The number of nitrogens with zero attached hydrogens (tertiary/aromatic N) is 1. The molecule has 3 heterocycles. The van der Waals surface area contributed by atoms with Crippen molar-refractivity contribution in [2.24, 2.45) is 35.5 Å². The number of cyclic esters (lactones) is 1. The van der Waals surface area contributed by atoms with E-state index >= 15 is 0 Å². The first kappa shape index (κ1) is 54.8. The zero-order valence-electron chi connectivity index (χ0n) is 40.8. The fraction of sp³-hybridized carbons (Fsp3) is 0.784. The number of methoxy groups -OCH3 is 3. The van der Waals surface area contributed by atoms with Gasteiger partial charge in [-0.15, -0.1) is 0 Å². The zero-order chi connectivity index (χ0) is 48.2. The van der Waals surface area contributed by atoms with Gasteiger partial charge in [0.1, 0.15) is 24.4 Å². The van der Waals surface area contributed by atoms with Gasteiger partial charge in [0.15, 0.2) is 0 Å². The number of fused-ring (bicyclic) bond motifs is 3. The van der Waals surface area contributed by atoms with Crippen LogP contribution in [0.5, 0.6) is 0 Å². The Morgan fingerprint density at radius 2 is 1.54 bits per heavy atom. The van der Waals surface area contributed by atoms with E-state index in [0.29, 0.717) is 63.4 Å². The predicted octanol–water partition coefficient (Wildman–Crippen LogP) is 5.76. The highest BCUT2D eigenvalue weighted by atomic mass is 16.6. The van der Waals surface area contributed by atoms with E-state index in [4.69, 9.17) is 23.7 Å². The monoisotopic (exact) mass is 918 g/mol. The molecule has 0 aromatic heterocycles. The number of piperidine rings is 1. The second kappa shape index (κ2) is 25.5. The second-order valence-corrected chi connectivity index (χ2v) is 20.0. The molecule has 4 aliphatic rings. The molecule has 14 nitrogen and oxygen atoms in total.